The minimum atomic E-state index is -1.05. The minimum absolute atomic E-state index is 0.244. The largest absolute Gasteiger partial charge is 0.479 e. The third-order valence-corrected chi connectivity index (χ3v) is 2.77. The molecule has 0 saturated heterocycles. The van der Waals surface area contributed by atoms with E-state index in [1.165, 1.54) is 0 Å². The number of carboxylic acids is 1. The molecule has 1 atom stereocenters. The lowest BCUT2D eigenvalue weighted by Gasteiger charge is -2.17. The molecule has 0 radical (unpaired) electrons. The molecule has 0 aliphatic carbocycles. The first kappa shape index (κ1) is 15.0. The topological polar surface area (TPSA) is 69.6 Å². The van der Waals surface area contributed by atoms with E-state index >= 15 is 0 Å². The van der Waals surface area contributed by atoms with Crippen molar-refractivity contribution in [3.05, 3.63) is 29.8 Å². The highest BCUT2D eigenvalue weighted by molar-refractivity contribution is 5.84. The monoisotopic (exact) mass is 264 g/mol. The SMILES string of the molecule is CCCC(=O)NC(C(=O)O)c1ccc(N(C)C)cc1. The lowest BCUT2D eigenvalue weighted by molar-refractivity contribution is -0.142. The molecule has 1 rings (SSSR count). The second-order valence-electron chi connectivity index (χ2n) is 4.57. The van der Waals surface area contributed by atoms with Crippen LogP contribution in [0.25, 0.3) is 0 Å². The van der Waals surface area contributed by atoms with E-state index < -0.39 is 12.0 Å². The van der Waals surface area contributed by atoms with Gasteiger partial charge in [-0.2, -0.15) is 0 Å². The summed E-state index contributed by atoms with van der Waals surface area (Å²) < 4.78 is 0. The van der Waals surface area contributed by atoms with E-state index in [9.17, 15) is 14.7 Å². The Hall–Kier alpha value is -2.04. The number of carbonyl (C=O) groups is 2. The number of benzene rings is 1. The lowest BCUT2D eigenvalue weighted by Crippen LogP contribution is -2.33. The first-order chi connectivity index (χ1) is 8.95. The van der Waals surface area contributed by atoms with Gasteiger partial charge in [-0.05, 0) is 24.1 Å². The molecule has 1 aromatic rings. The molecule has 1 unspecified atom stereocenters. The van der Waals surface area contributed by atoms with Gasteiger partial charge in [-0.15, -0.1) is 0 Å². The van der Waals surface area contributed by atoms with E-state index in [1.807, 2.05) is 38.1 Å². The van der Waals surface area contributed by atoms with Gasteiger partial charge in [0.05, 0.1) is 0 Å². The smallest absolute Gasteiger partial charge is 0.330 e. The molecule has 2 N–H and O–H groups in total. The fourth-order valence-electron chi connectivity index (χ4n) is 1.71. The van der Waals surface area contributed by atoms with Crippen LogP contribution in [-0.4, -0.2) is 31.1 Å². The fourth-order valence-corrected chi connectivity index (χ4v) is 1.71. The van der Waals surface area contributed by atoms with E-state index in [1.54, 1.807) is 12.1 Å². The Kier molecular flexibility index (Phi) is 5.36. The highest BCUT2D eigenvalue weighted by Crippen LogP contribution is 2.18. The number of nitrogens with zero attached hydrogens (tertiary/aromatic N) is 1. The van der Waals surface area contributed by atoms with Gasteiger partial charge >= 0.3 is 5.97 Å². The number of aliphatic carboxylic acids is 1. The van der Waals surface area contributed by atoms with Crippen molar-refractivity contribution < 1.29 is 14.7 Å². The molecule has 1 aromatic carbocycles. The van der Waals surface area contributed by atoms with Gasteiger partial charge in [0.25, 0.3) is 0 Å². The molecule has 1 amide bonds. The van der Waals surface area contributed by atoms with Crippen LogP contribution in [0, 0.1) is 0 Å². The average Bonchev–Trinajstić information content (AvgIpc) is 2.36. The molecule has 5 heteroatoms. The number of rotatable bonds is 6. The van der Waals surface area contributed by atoms with Crippen LogP contribution < -0.4 is 10.2 Å². The molecular weight excluding hydrogens is 244 g/mol. The van der Waals surface area contributed by atoms with Crippen LogP contribution >= 0.6 is 0 Å². The Bertz CT molecular complexity index is 441. The molecule has 0 saturated carbocycles. The Morgan fingerprint density at radius 3 is 2.26 bits per heavy atom. The van der Waals surface area contributed by atoms with Crippen molar-refractivity contribution in [3.8, 4) is 0 Å². The maximum Gasteiger partial charge on any atom is 0.330 e. The average molecular weight is 264 g/mol. The van der Waals surface area contributed by atoms with Crippen LogP contribution in [0.4, 0.5) is 5.69 Å². The van der Waals surface area contributed by atoms with Gasteiger partial charge in [0.1, 0.15) is 0 Å². The van der Waals surface area contributed by atoms with E-state index in [4.69, 9.17) is 0 Å². The van der Waals surface area contributed by atoms with Crippen molar-refractivity contribution in [2.75, 3.05) is 19.0 Å². The van der Waals surface area contributed by atoms with Crippen LogP contribution in [0.1, 0.15) is 31.4 Å². The summed E-state index contributed by atoms with van der Waals surface area (Å²) in [6.45, 7) is 1.88. The summed E-state index contributed by atoms with van der Waals surface area (Å²) in [5.41, 5.74) is 1.55. The van der Waals surface area contributed by atoms with E-state index in [0.29, 0.717) is 18.4 Å². The van der Waals surface area contributed by atoms with Gasteiger partial charge in [-0.1, -0.05) is 19.1 Å². The Morgan fingerprint density at radius 2 is 1.84 bits per heavy atom. The first-order valence-electron chi connectivity index (χ1n) is 6.25. The number of amides is 1. The van der Waals surface area contributed by atoms with Crippen molar-refractivity contribution in [2.24, 2.45) is 0 Å². The minimum Gasteiger partial charge on any atom is -0.479 e. The number of carboxylic acid groups (broad SMARTS) is 1. The summed E-state index contributed by atoms with van der Waals surface area (Å²) in [5.74, 6) is -1.30. The summed E-state index contributed by atoms with van der Waals surface area (Å²) >= 11 is 0. The molecule has 19 heavy (non-hydrogen) atoms. The van der Waals surface area contributed by atoms with Gasteiger partial charge in [0.2, 0.25) is 5.91 Å². The molecule has 0 aromatic heterocycles. The molecule has 0 heterocycles. The predicted molar refractivity (Wildman–Crippen MR) is 74.2 cm³/mol. The molecule has 0 bridgehead atoms. The maximum atomic E-state index is 11.5. The van der Waals surface area contributed by atoms with Crippen molar-refractivity contribution in [3.63, 3.8) is 0 Å². The van der Waals surface area contributed by atoms with E-state index in [-0.39, 0.29) is 5.91 Å². The zero-order chi connectivity index (χ0) is 14.4. The number of hydrogen-bond acceptors (Lipinski definition) is 3. The van der Waals surface area contributed by atoms with Gasteiger partial charge < -0.3 is 15.3 Å². The fraction of sp³-hybridized carbons (Fsp3) is 0.429. The molecule has 0 spiro atoms. The molecule has 0 aliphatic rings. The molecule has 104 valence electrons. The second-order valence-corrected chi connectivity index (χ2v) is 4.57. The van der Waals surface area contributed by atoms with Gasteiger partial charge in [-0.25, -0.2) is 4.79 Å². The summed E-state index contributed by atoms with van der Waals surface area (Å²) in [4.78, 5) is 24.7. The second kappa shape index (κ2) is 6.78. The van der Waals surface area contributed by atoms with Crippen LogP contribution in [0.2, 0.25) is 0 Å². The summed E-state index contributed by atoms with van der Waals surface area (Å²) in [5, 5.41) is 11.7. The van der Waals surface area contributed by atoms with Gasteiger partial charge in [0.15, 0.2) is 6.04 Å². The van der Waals surface area contributed by atoms with Crippen LogP contribution in [0.15, 0.2) is 24.3 Å². The number of anilines is 1. The number of nitrogens with one attached hydrogen (secondary N) is 1. The van der Waals surface area contributed by atoms with Crippen LogP contribution in [0.5, 0.6) is 0 Å². The third kappa shape index (κ3) is 4.28. The highest BCUT2D eigenvalue weighted by Gasteiger charge is 2.21. The standard InChI is InChI=1S/C14H20N2O3/c1-4-5-12(17)15-13(14(18)19)10-6-8-11(9-7-10)16(2)3/h6-9,13H,4-5H2,1-3H3,(H,15,17)(H,18,19). The van der Waals surface area contributed by atoms with Gasteiger partial charge in [0, 0.05) is 26.2 Å². The Labute approximate surface area is 113 Å². The summed E-state index contributed by atoms with van der Waals surface area (Å²) in [7, 11) is 3.82. The van der Waals surface area contributed by atoms with Crippen molar-refractivity contribution in [1.82, 2.24) is 5.32 Å². The summed E-state index contributed by atoms with van der Waals surface area (Å²) in [6, 6.07) is 6.12. The van der Waals surface area contributed by atoms with Crippen molar-refractivity contribution >= 4 is 17.6 Å². The van der Waals surface area contributed by atoms with E-state index in [0.717, 1.165) is 5.69 Å². The quantitative estimate of drug-likeness (QED) is 0.822. The molecule has 0 aliphatic heterocycles. The predicted octanol–water partition coefficient (Wildman–Crippen LogP) is 1.79. The third-order valence-electron chi connectivity index (χ3n) is 2.77. The molecule has 5 nitrogen and oxygen atoms in total. The van der Waals surface area contributed by atoms with Crippen LogP contribution in [-0.2, 0) is 9.59 Å². The van der Waals surface area contributed by atoms with Crippen molar-refractivity contribution in [1.29, 1.82) is 0 Å². The zero-order valence-electron chi connectivity index (χ0n) is 11.5. The summed E-state index contributed by atoms with van der Waals surface area (Å²) in [6.07, 6.45) is 1.03. The molecular formula is C14H20N2O3. The molecule has 0 fully saturated rings. The van der Waals surface area contributed by atoms with Gasteiger partial charge in [-0.3, -0.25) is 4.79 Å². The first-order valence-corrected chi connectivity index (χ1v) is 6.25. The number of carbonyl (C=O) groups excluding carboxylic acids is 1. The van der Waals surface area contributed by atoms with Crippen LogP contribution in [0.3, 0.4) is 0 Å². The van der Waals surface area contributed by atoms with Crippen molar-refractivity contribution in [2.45, 2.75) is 25.8 Å². The number of hydrogen-bond donors (Lipinski definition) is 2. The highest BCUT2D eigenvalue weighted by atomic mass is 16.4. The zero-order valence-corrected chi connectivity index (χ0v) is 11.5. The Balaban J connectivity index is 2.87. The lowest BCUT2D eigenvalue weighted by atomic mass is 10.1. The van der Waals surface area contributed by atoms with E-state index in [2.05, 4.69) is 5.32 Å². The maximum absolute atomic E-state index is 11.5. The Morgan fingerprint density at radius 1 is 1.26 bits per heavy atom. The normalized spacial score (nSPS) is 11.7.